The van der Waals surface area contributed by atoms with Gasteiger partial charge in [0.2, 0.25) is 5.60 Å². The second kappa shape index (κ2) is 9.05. The van der Waals surface area contributed by atoms with E-state index in [9.17, 15) is 32.1 Å². The number of β-lactam (4-membered cyclic amide) rings is 1. The molecule has 0 radical (unpaired) electrons. The Morgan fingerprint density at radius 1 is 1.41 bits per heavy atom. The van der Waals surface area contributed by atoms with Crippen LogP contribution in [0.15, 0.2) is 10.5 Å². The van der Waals surface area contributed by atoms with E-state index in [0.717, 1.165) is 32.3 Å². The van der Waals surface area contributed by atoms with Gasteiger partial charge >= 0.3 is 22.2 Å². The van der Waals surface area contributed by atoms with Gasteiger partial charge in [-0.05, 0) is 13.8 Å². The molecule has 2 atom stereocenters. The van der Waals surface area contributed by atoms with Crippen LogP contribution in [0.2, 0.25) is 0 Å². The SMILES string of the molecule is COC(=O)C[C@@H]1[C@H](NC(=O)C(=NOC(C)(C)C(=O)O)c2csc(N)n2)C(=O)N1S(=O)(=O)O. The number of rotatable bonds is 9. The van der Waals surface area contributed by atoms with Crippen molar-refractivity contribution in [1.82, 2.24) is 14.6 Å². The zero-order valence-electron chi connectivity index (χ0n) is 16.8. The number of nitrogens with zero attached hydrogens (tertiary/aromatic N) is 3. The normalized spacial score (nSPS) is 19.2. The highest BCUT2D eigenvalue weighted by Gasteiger charge is 2.55. The first kappa shape index (κ1) is 25.0. The molecule has 15 nitrogen and oxygen atoms in total. The number of anilines is 1. The van der Waals surface area contributed by atoms with E-state index in [0.29, 0.717) is 0 Å². The minimum absolute atomic E-state index is 0.0244. The number of hydrogen-bond donors (Lipinski definition) is 4. The lowest BCUT2D eigenvalue weighted by Gasteiger charge is -2.43. The van der Waals surface area contributed by atoms with Gasteiger partial charge in [0, 0.05) is 5.38 Å². The molecule has 0 bridgehead atoms. The molecular formula is C15H19N5O10S2. The molecule has 0 aromatic carbocycles. The largest absolute Gasteiger partial charge is 0.478 e. The molecule has 2 amide bonds. The standard InChI is InChI=1S/C15H19N5O10S2/c1-15(2,13(24)25)30-19-9(6-5-31-14(16)17-6)11(22)18-10-7(4-8(21)29-3)20(12(10)23)32(26,27)28/h5,7,10H,4H2,1-3H3,(H2,16,17)(H,18,22)(H,24,25)(H,26,27,28)/t7-,10+/m1/s1. The monoisotopic (exact) mass is 493 g/mol. The average Bonchev–Trinajstić information content (AvgIpc) is 3.10. The van der Waals surface area contributed by atoms with Crippen molar-refractivity contribution < 1.29 is 46.8 Å². The molecule has 2 rings (SSSR count). The smallest absolute Gasteiger partial charge is 0.362 e. The van der Waals surface area contributed by atoms with Gasteiger partial charge < -0.3 is 25.7 Å². The molecule has 1 saturated heterocycles. The summed E-state index contributed by atoms with van der Waals surface area (Å²) >= 11 is 0.930. The summed E-state index contributed by atoms with van der Waals surface area (Å²) in [4.78, 5) is 56.6. The Kier molecular flexibility index (Phi) is 7.06. The van der Waals surface area contributed by atoms with E-state index >= 15 is 0 Å². The van der Waals surface area contributed by atoms with Gasteiger partial charge in [-0.2, -0.15) is 8.42 Å². The number of carbonyl (C=O) groups is 4. The Labute approximate surface area is 185 Å². The molecule has 0 unspecified atom stereocenters. The van der Waals surface area contributed by atoms with Crippen LogP contribution >= 0.6 is 11.3 Å². The van der Waals surface area contributed by atoms with Crippen LogP contribution in [-0.4, -0.2) is 81.6 Å². The number of aliphatic carboxylic acids is 1. The highest BCUT2D eigenvalue weighted by atomic mass is 32.2. The third-order valence-corrected chi connectivity index (χ3v) is 5.79. The van der Waals surface area contributed by atoms with E-state index in [1.165, 1.54) is 5.38 Å². The maximum atomic E-state index is 12.8. The van der Waals surface area contributed by atoms with E-state index in [2.05, 4.69) is 20.2 Å². The lowest BCUT2D eigenvalue weighted by molar-refractivity contribution is -0.161. The predicted molar refractivity (Wildman–Crippen MR) is 107 cm³/mol. The van der Waals surface area contributed by atoms with Crippen LogP contribution in [-0.2, 0) is 39.1 Å². The van der Waals surface area contributed by atoms with E-state index in [-0.39, 0.29) is 15.1 Å². The predicted octanol–water partition coefficient (Wildman–Crippen LogP) is -1.63. The van der Waals surface area contributed by atoms with Crippen LogP contribution < -0.4 is 11.1 Å². The Bertz CT molecular complexity index is 1080. The molecule has 2 heterocycles. The lowest BCUT2D eigenvalue weighted by Crippen LogP contribution is -2.72. The van der Waals surface area contributed by atoms with Crippen molar-refractivity contribution in [3.63, 3.8) is 0 Å². The van der Waals surface area contributed by atoms with E-state index in [1.54, 1.807) is 0 Å². The molecule has 176 valence electrons. The fraction of sp³-hybridized carbons (Fsp3) is 0.467. The fourth-order valence-corrected chi connectivity index (χ4v) is 3.85. The molecule has 32 heavy (non-hydrogen) atoms. The summed E-state index contributed by atoms with van der Waals surface area (Å²) in [5.41, 5.74) is 3.02. The molecule has 1 aromatic rings. The molecule has 17 heteroatoms. The summed E-state index contributed by atoms with van der Waals surface area (Å²) in [7, 11) is -4.00. The maximum Gasteiger partial charge on any atom is 0.362 e. The van der Waals surface area contributed by atoms with Crippen LogP contribution in [0.3, 0.4) is 0 Å². The Balaban J connectivity index is 2.34. The van der Waals surface area contributed by atoms with E-state index in [4.69, 9.17) is 15.7 Å². The van der Waals surface area contributed by atoms with Gasteiger partial charge in [-0.15, -0.1) is 11.3 Å². The third kappa shape index (κ3) is 5.29. The number of nitrogens with two attached hydrogens (primary N) is 1. The van der Waals surface area contributed by atoms with Gasteiger partial charge in [0.1, 0.15) is 11.7 Å². The van der Waals surface area contributed by atoms with Crippen molar-refractivity contribution >= 4 is 56.2 Å². The first-order valence-electron chi connectivity index (χ1n) is 8.58. The van der Waals surface area contributed by atoms with Crippen molar-refractivity contribution in [2.24, 2.45) is 5.16 Å². The fourth-order valence-electron chi connectivity index (χ4n) is 2.43. The number of carboxylic acids is 1. The second-order valence-corrected chi connectivity index (χ2v) is 9.01. The number of oxime groups is 1. The number of carboxylic acid groups (broad SMARTS) is 1. The van der Waals surface area contributed by atoms with Crippen molar-refractivity contribution in [2.45, 2.75) is 38.0 Å². The number of methoxy groups -OCH3 is 1. The number of esters is 1. The van der Waals surface area contributed by atoms with Gasteiger partial charge in [-0.1, -0.05) is 5.16 Å². The van der Waals surface area contributed by atoms with Gasteiger partial charge in [0.05, 0.1) is 19.6 Å². The highest BCUT2D eigenvalue weighted by molar-refractivity contribution is 7.84. The minimum atomic E-state index is -5.02. The maximum absolute atomic E-state index is 12.8. The number of carbonyl (C=O) groups excluding carboxylic acids is 3. The summed E-state index contributed by atoms with van der Waals surface area (Å²) in [6.07, 6.45) is -0.661. The van der Waals surface area contributed by atoms with Crippen molar-refractivity contribution in [3.8, 4) is 0 Å². The van der Waals surface area contributed by atoms with Crippen molar-refractivity contribution in [1.29, 1.82) is 0 Å². The summed E-state index contributed by atoms with van der Waals surface area (Å²) < 4.78 is 36.6. The molecule has 1 aromatic heterocycles. The summed E-state index contributed by atoms with van der Waals surface area (Å²) in [5.74, 6) is -4.64. The molecule has 1 aliphatic heterocycles. The number of nitrogens with one attached hydrogen (secondary N) is 1. The third-order valence-electron chi connectivity index (χ3n) is 4.17. The van der Waals surface area contributed by atoms with Crippen LogP contribution in [0.1, 0.15) is 26.0 Å². The van der Waals surface area contributed by atoms with Gasteiger partial charge in [0.25, 0.3) is 11.8 Å². The highest BCUT2D eigenvalue weighted by Crippen LogP contribution is 2.27. The Morgan fingerprint density at radius 2 is 2.03 bits per heavy atom. The molecule has 0 spiro atoms. The van der Waals surface area contributed by atoms with Crippen LogP contribution in [0.4, 0.5) is 5.13 Å². The van der Waals surface area contributed by atoms with Crippen LogP contribution in [0.25, 0.3) is 0 Å². The molecular weight excluding hydrogens is 474 g/mol. The van der Waals surface area contributed by atoms with Crippen LogP contribution in [0.5, 0.6) is 0 Å². The first-order chi connectivity index (χ1) is 14.7. The minimum Gasteiger partial charge on any atom is -0.478 e. The van der Waals surface area contributed by atoms with Gasteiger partial charge in [-0.3, -0.25) is 18.9 Å². The molecule has 5 N–H and O–H groups in total. The zero-order valence-corrected chi connectivity index (χ0v) is 18.5. The first-order valence-corrected chi connectivity index (χ1v) is 10.9. The number of thiazole rings is 1. The number of hydrogen-bond acceptors (Lipinski definition) is 12. The molecule has 0 aliphatic carbocycles. The number of amides is 2. The molecule has 1 fully saturated rings. The number of ether oxygens (including phenoxy) is 1. The van der Waals surface area contributed by atoms with Crippen molar-refractivity contribution in [2.75, 3.05) is 12.8 Å². The van der Waals surface area contributed by atoms with Gasteiger partial charge in [-0.25, -0.2) is 14.1 Å². The summed E-state index contributed by atoms with van der Waals surface area (Å²) in [5, 5.41) is 16.2. The summed E-state index contributed by atoms with van der Waals surface area (Å²) in [6.45, 7) is 2.32. The number of nitrogen functional groups attached to an aromatic ring is 1. The lowest BCUT2D eigenvalue weighted by atomic mass is 9.95. The van der Waals surface area contributed by atoms with E-state index < -0.39 is 63.9 Å². The van der Waals surface area contributed by atoms with Crippen molar-refractivity contribution in [3.05, 3.63) is 11.1 Å². The topological polar surface area (TPSA) is 228 Å². The Morgan fingerprint density at radius 3 is 2.50 bits per heavy atom. The Hall–Kier alpha value is -3.31. The molecule has 0 saturated carbocycles. The van der Waals surface area contributed by atoms with E-state index in [1.807, 2.05) is 0 Å². The average molecular weight is 493 g/mol. The molecule has 1 aliphatic rings. The summed E-state index contributed by atoms with van der Waals surface area (Å²) in [6, 6.07) is -3.04. The second-order valence-electron chi connectivity index (χ2n) is 6.83. The van der Waals surface area contributed by atoms with Gasteiger partial charge in [0.15, 0.2) is 10.8 Å². The quantitative estimate of drug-likeness (QED) is 0.0999. The zero-order chi connectivity index (χ0) is 24.4. The van der Waals surface area contributed by atoms with Crippen LogP contribution in [0, 0.1) is 0 Å². The number of aromatic nitrogens is 1.